The molecule has 0 spiro atoms. The molecule has 0 radical (unpaired) electrons. The first-order chi connectivity index (χ1) is 21.6. The van der Waals surface area contributed by atoms with Gasteiger partial charge >= 0.3 is 11.9 Å². The predicted molar refractivity (Wildman–Crippen MR) is 154 cm³/mol. The molecule has 11 atom stereocenters. The van der Waals surface area contributed by atoms with Crippen LogP contribution in [0.2, 0.25) is 0 Å². The van der Waals surface area contributed by atoms with Gasteiger partial charge in [-0.1, -0.05) is 60.7 Å². The third-order valence-electron chi connectivity index (χ3n) is 8.08. The van der Waals surface area contributed by atoms with Gasteiger partial charge in [0.2, 0.25) is 0 Å². The number of esters is 2. The number of hydrogen-bond donors (Lipinski definition) is 0. The van der Waals surface area contributed by atoms with Crippen molar-refractivity contribution in [1.29, 1.82) is 0 Å². The van der Waals surface area contributed by atoms with E-state index in [4.69, 9.17) is 47.4 Å². The summed E-state index contributed by atoms with van der Waals surface area (Å²) >= 11 is 0. The van der Waals surface area contributed by atoms with Crippen molar-refractivity contribution >= 4 is 11.9 Å². The fourth-order valence-corrected chi connectivity index (χ4v) is 6.22. The summed E-state index contributed by atoms with van der Waals surface area (Å²) in [5, 5.41) is 0. The second-order valence-electron chi connectivity index (χ2n) is 12.0. The van der Waals surface area contributed by atoms with E-state index < -0.39 is 79.3 Å². The maximum absolute atomic E-state index is 12.4. The summed E-state index contributed by atoms with van der Waals surface area (Å²) < 4.78 is 61.9. The van der Waals surface area contributed by atoms with E-state index in [0.29, 0.717) is 0 Å². The molecule has 0 aromatic heterocycles. The maximum atomic E-state index is 12.4. The van der Waals surface area contributed by atoms with E-state index in [1.54, 1.807) is 0 Å². The lowest BCUT2D eigenvalue weighted by molar-refractivity contribution is -0.387. The highest BCUT2D eigenvalue weighted by Gasteiger charge is 2.59. The van der Waals surface area contributed by atoms with Crippen molar-refractivity contribution in [3.8, 4) is 0 Å². The van der Waals surface area contributed by atoms with Gasteiger partial charge in [0.15, 0.2) is 36.9 Å². The third-order valence-corrected chi connectivity index (χ3v) is 8.08. The van der Waals surface area contributed by atoms with Crippen LogP contribution in [0, 0.1) is 0 Å². The van der Waals surface area contributed by atoms with E-state index in [0.717, 1.165) is 11.1 Å². The molecule has 2 aromatic carbocycles. The monoisotopic (exact) mass is 628 g/mol. The normalized spacial score (nSPS) is 37.2. The standard InChI is InChI=1S/C33H40O12/c1-18-24-27(45-33(4,5)44-24)29(31(38-18)36-16-21-12-8-6-9-13-21)43-32-28(40-20(3)35)26(39-19(2)34)25-23(41-32)17-37-30(42-25)22-14-10-7-11-15-22/h6-15,18,23-32H,16-17H2,1-5H3/t18-,23-,24+,25-,26+,27+,28-,29-,30?,31-,32+/m1/s1. The molecule has 12 heteroatoms. The van der Waals surface area contributed by atoms with Crippen LogP contribution in [0.15, 0.2) is 60.7 Å². The third kappa shape index (κ3) is 7.23. The first kappa shape index (κ1) is 32.0. The maximum Gasteiger partial charge on any atom is 0.303 e. The van der Waals surface area contributed by atoms with Crippen molar-refractivity contribution in [3.63, 3.8) is 0 Å². The smallest absolute Gasteiger partial charge is 0.303 e. The Bertz CT molecular complexity index is 1310. The van der Waals surface area contributed by atoms with Gasteiger partial charge in [0.1, 0.15) is 30.5 Å². The highest BCUT2D eigenvalue weighted by molar-refractivity contribution is 5.67. The molecule has 0 N–H and O–H groups in total. The summed E-state index contributed by atoms with van der Waals surface area (Å²) in [7, 11) is 0. The summed E-state index contributed by atoms with van der Waals surface area (Å²) in [6.45, 7) is 8.39. The Morgan fingerprint density at radius 2 is 1.42 bits per heavy atom. The number of carbonyl (C=O) groups is 2. The van der Waals surface area contributed by atoms with Gasteiger partial charge < -0.3 is 47.4 Å². The van der Waals surface area contributed by atoms with Gasteiger partial charge in [-0.05, 0) is 26.3 Å². The Balaban J connectivity index is 1.29. The highest BCUT2D eigenvalue weighted by atomic mass is 16.8. The Kier molecular flexibility index (Phi) is 9.55. The predicted octanol–water partition coefficient (Wildman–Crippen LogP) is 3.56. The van der Waals surface area contributed by atoms with Crippen LogP contribution in [0.3, 0.4) is 0 Å². The van der Waals surface area contributed by atoms with Crippen molar-refractivity contribution in [2.24, 2.45) is 0 Å². The van der Waals surface area contributed by atoms with Crippen LogP contribution in [0.1, 0.15) is 52.0 Å². The molecule has 244 valence electrons. The summed E-state index contributed by atoms with van der Waals surface area (Å²) in [5.41, 5.74) is 1.71. The Hall–Kier alpha value is -2.94. The second-order valence-corrected chi connectivity index (χ2v) is 12.0. The van der Waals surface area contributed by atoms with E-state index in [1.165, 1.54) is 13.8 Å². The molecular weight excluding hydrogens is 588 g/mol. The molecule has 4 heterocycles. The molecule has 4 aliphatic heterocycles. The van der Waals surface area contributed by atoms with Crippen LogP contribution < -0.4 is 0 Å². The minimum Gasteiger partial charge on any atom is -0.455 e. The molecule has 0 bridgehead atoms. The lowest BCUT2D eigenvalue weighted by Crippen LogP contribution is -2.66. The topological polar surface area (TPSA) is 126 Å². The quantitative estimate of drug-likeness (QED) is 0.397. The van der Waals surface area contributed by atoms with Crippen molar-refractivity contribution in [3.05, 3.63) is 71.8 Å². The minimum atomic E-state index is -1.24. The highest BCUT2D eigenvalue weighted by Crippen LogP contribution is 2.42. The molecule has 45 heavy (non-hydrogen) atoms. The molecule has 6 rings (SSSR count). The summed E-state index contributed by atoms with van der Waals surface area (Å²) in [5.74, 6) is -2.13. The van der Waals surface area contributed by atoms with Gasteiger partial charge in [0.05, 0.1) is 19.3 Å². The fraction of sp³-hybridized carbons (Fsp3) is 0.576. The van der Waals surface area contributed by atoms with Crippen LogP contribution >= 0.6 is 0 Å². The molecule has 4 saturated heterocycles. The number of fused-ring (bicyclic) bond motifs is 2. The zero-order chi connectivity index (χ0) is 31.7. The van der Waals surface area contributed by atoms with Crippen LogP contribution in [0.25, 0.3) is 0 Å². The number of rotatable bonds is 8. The average molecular weight is 629 g/mol. The van der Waals surface area contributed by atoms with Gasteiger partial charge in [-0.3, -0.25) is 9.59 Å². The first-order valence-electron chi connectivity index (χ1n) is 15.2. The lowest BCUT2D eigenvalue weighted by atomic mass is 9.96. The summed E-state index contributed by atoms with van der Waals surface area (Å²) in [6, 6.07) is 19.0. The molecule has 4 aliphatic rings. The van der Waals surface area contributed by atoms with E-state index in [-0.39, 0.29) is 19.3 Å². The molecule has 0 aliphatic carbocycles. The fourth-order valence-electron chi connectivity index (χ4n) is 6.22. The molecule has 4 fully saturated rings. The van der Waals surface area contributed by atoms with Gasteiger partial charge in [-0.15, -0.1) is 0 Å². The molecule has 0 saturated carbocycles. The average Bonchev–Trinajstić information content (AvgIpc) is 3.35. The van der Waals surface area contributed by atoms with E-state index in [1.807, 2.05) is 81.4 Å². The van der Waals surface area contributed by atoms with Gasteiger partial charge in [-0.25, -0.2) is 0 Å². The Labute approximate surface area is 262 Å². The SMILES string of the molecule is CC(=O)O[C@@H]1[C@@H](OC(C)=O)[C@H](O[C@H]2[C@H](OCc3ccccc3)O[C@H](C)[C@@H]3OC(C)(C)O[C@@H]32)O[C@@H]2COC(c3ccccc3)O[C@@H]12. The van der Waals surface area contributed by atoms with Crippen molar-refractivity contribution in [2.45, 2.75) is 115 Å². The van der Waals surface area contributed by atoms with Gasteiger partial charge in [0, 0.05) is 19.4 Å². The van der Waals surface area contributed by atoms with Crippen LogP contribution in [-0.4, -0.2) is 85.7 Å². The second kappa shape index (κ2) is 13.4. The van der Waals surface area contributed by atoms with Gasteiger partial charge in [-0.2, -0.15) is 0 Å². The zero-order valence-electron chi connectivity index (χ0n) is 25.9. The minimum absolute atomic E-state index is 0.0967. The molecule has 2 aromatic rings. The molecule has 1 unspecified atom stereocenters. The largest absolute Gasteiger partial charge is 0.455 e. The first-order valence-corrected chi connectivity index (χ1v) is 15.2. The zero-order valence-corrected chi connectivity index (χ0v) is 25.9. The van der Waals surface area contributed by atoms with Gasteiger partial charge in [0.25, 0.3) is 0 Å². The Morgan fingerprint density at radius 1 is 0.778 bits per heavy atom. The summed E-state index contributed by atoms with van der Waals surface area (Å²) in [6.07, 6.45) is -9.13. The molecular formula is C33H40O12. The number of benzene rings is 2. The van der Waals surface area contributed by atoms with Crippen LogP contribution in [0.4, 0.5) is 0 Å². The van der Waals surface area contributed by atoms with Crippen LogP contribution in [0.5, 0.6) is 0 Å². The van der Waals surface area contributed by atoms with Crippen molar-refractivity contribution in [1.82, 2.24) is 0 Å². The Morgan fingerprint density at radius 3 is 2.11 bits per heavy atom. The molecule has 0 amide bonds. The molecule has 12 nitrogen and oxygen atoms in total. The lowest BCUT2D eigenvalue weighted by Gasteiger charge is -2.49. The van der Waals surface area contributed by atoms with Crippen molar-refractivity contribution in [2.75, 3.05) is 6.61 Å². The van der Waals surface area contributed by atoms with Crippen LogP contribution in [-0.2, 0) is 63.6 Å². The van der Waals surface area contributed by atoms with E-state index in [9.17, 15) is 9.59 Å². The summed E-state index contributed by atoms with van der Waals surface area (Å²) in [4.78, 5) is 24.8. The number of hydrogen-bond acceptors (Lipinski definition) is 12. The van der Waals surface area contributed by atoms with E-state index >= 15 is 0 Å². The number of ether oxygens (including phenoxy) is 10. The van der Waals surface area contributed by atoms with Crippen molar-refractivity contribution < 1.29 is 57.0 Å². The van der Waals surface area contributed by atoms with E-state index in [2.05, 4.69) is 0 Å². The number of carbonyl (C=O) groups excluding carboxylic acids is 2.